The van der Waals surface area contributed by atoms with E-state index in [9.17, 15) is 0 Å². The van der Waals surface area contributed by atoms with Crippen molar-refractivity contribution in [3.63, 3.8) is 0 Å². The van der Waals surface area contributed by atoms with Gasteiger partial charge in [0.05, 0.1) is 0 Å². The zero-order valence-corrected chi connectivity index (χ0v) is 21.5. The third kappa shape index (κ3) is 152. The third-order valence-corrected chi connectivity index (χ3v) is 0. The Hall–Kier alpha value is 5.02. The Morgan fingerprint density at radius 3 is 0.385 bits per heavy atom. The molecule has 0 aliphatic rings. The van der Waals surface area contributed by atoms with Gasteiger partial charge in [-0.25, -0.2) is 0 Å². The summed E-state index contributed by atoms with van der Waals surface area (Å²) in [5, 5.41) is 0. The van der Waals surface area contributed by atoms with Crippen molar-refractivity contribution in [3.05, 3.63) is 0 Å². The van der Waals surface area contributed by atoms with Gasteiger partial charge in [0.1, 0.15) is 0 Å². The van der Waals surface area contributed by atoms with E-state index in [-0.39, 0.29) is 189 Å². The normalized spacial score (nSPS) is 0. The van der Waals surface area contributed by atoms with Gasteiger partial charge in [-0.05, 0) is 0 Å². The third-order valence-electron chi connectivity index (χ3n) is 0. The van der Waals surface area contributed by atoms with Crippen molar-refractivity contribution in [1.29, 1.82) is 0 Å². The number of rotatable bonds is 0. The monoisotopic (exact) mass is 945 g/mol. The predicted molar refractivity (Wildman–Crippen MR) is 3.43 cm³/mol. The summed E-state index contributed by atoms with van der Waals surface area (Å²) in [6.07, 6.45) is 0. The van der Waals surface area contributed by atoms with Crippen LogP contribution < -0.4 is 0 Å². The number of hydrogen-bond donors (Lipinski definition) is 0. The molecule has 0 aromatic rings. The number of hydrogen-bond acceptors (Lipinski definition) is 0. The molecule has 0 aromatic carbocycles. The maximum absolute atomic E-state index is 0. The van der Waals surface area contributed by atoms with Crippen LogP contribution in [0.3, 0.4) is 0 Å². The smallest absolute Gasteiger partial charge is 2.00 e. The van der Waals surface area contributed by atoms with Crippen LogP contribution in [0.25, 0.3) is 0 Å². The van der Waals surface area contributed by atoms with Gasteiger partial charge in [-0.3, -0.25) is 0 Å². The first-order valence-electron chi connectivity index (χ1n) is 0. The summed E-state index contributed by atoms with van der Waals surface area (Å²) in [6.45, 7) is 0. The van der Waals surface area contributed by atoms with Crippen LogP contribution in [0.4, 0.5) is 0 Å². The maximum Gasteiger partial charge on any atom is 5.00 e. The molecule has 0 atom stereocenters. The summed E-state index contributed by atoms with van der Waals surface area (Å²) >= 11 is 0. The molecule has 0 unspecified atom stereocenters. The van der Waals surface area contributed by atoms with E-state index < -0.39 is 0 Å². The second-order valence-corrected chi connectivity index (χ2v) is 0. The van der Waals surface area contributed by atoms with Gasteiger partial charge in [-0.2, -0.15) is 0 Å². The van der Waals surface area contributed by atoms with E-state index >= 15 is 0 Å². The van der Waals surface area contributed by atoms with Crippen molar-refractivity contribution < 1.29 is 189 Å². The van der Waals surface area contributed by atoms with Crippen molar-refractivity contribution in [1.82, 2.24) is 0 Å². The van der Waals surface area contributed by atoms with Gasteiger partial charge in [-0.15, -0.1) is 0 Å². The summed E-state index contributed by atoms with van der Waals surface area (Å²) in [6, 6.07) is 0. The van der Waals surface area contributed by atoms with Gasteiger partial charge < -0.3 is 27.4 Å². The zero-order chi connectivity index (χ0) is 0. The average Bonchev–Trinajstić information content (AvgIpc) is 0. The maximum atomic E-state index is 0. The van der Waals surface area contributed by atoms with Crippen molar-refractivity contribution in [2.45, 2.75) is 0 Å². The summed E-state index contributed by atoms with van der Waals surface area (Å²) in [7, 11) is 0. The Bertz CT molecular complexity index is 28.5. The molecule has 0 bridgehead atoms. The first-order chi connectivity index (χ1) is 0. The van der Waals surface area contributed by atoms with E-state index in [2.05, 4.69) is 0 Å². The second-order valence-electron chi connectivity index (χ2n) is 0. The largest absolute Gasteiger partial charge is 5.00 e. The molecule has 0 N–H and O–H groups in total. The van der Waals surface area contributed by atoms with Crippen LogP contribution in [0.2, 0.25) is 0 Å². The first kappa shape index (κ1) is 207. The second kappa shape index (κ2) is 173. The molecule has 0 heterocycles. The molecule has 84 valence electrons. The summed E-state index contributed by atoms with van der Waals surface area (Å²) in [5.74, 6) is 0. The molecule has 13 heteroatoms. The van der Waals surface area contributed by atoms with E-state index in [1.807, 2.05) is 0 Å². The zero-order valence-electron chi connectivity index (χ0n) is 5.20. The van der Waals surface area contributed by atoms with Crippen molar-refractivity contribution in [3.8, 4) is 0 Å². The van der Waals surface area contributed by atoms with Gasteiger partial charge >= 0.3 is 44.8 Å². The molecule has 0 aromatic heterocycles. The van der Waals surface area contributed by atoms with Crippen LogP contribution >= 0.6 is 0 Å². The summed E-state index contributed by atoms with van der Waals surface area (Å²) in [4.78, 5) is 0. The minimum atomic E-state index is 0. The van der Waals surface area contributed by atoms with E-state index in [1.54, 1.807) is 0 Å². The minimum Gasteiger partial charge on any atom is -2.00 e. The average molecular weight is 943 g/mol. The van der Waals surface area contributed by atoms with Crippen LogP contribution in [-0.4, -0.2) is 0 Å². The van der Waals surface area contributed by atoms with Gasteiger partial charge in [0.2, 0.25) is 0 Å². The Balaban J connectivity index is 0. The molecule has 13 heavy (non-hydrogen) atoms. The molecule has 0 rings (SSSR count). The van der Waals surface area contributed by atoms with Crippen LogP contribution in [-0.2, 0) is 189 Å². The Morgan fingerprint density at radius 1 is 0.385 bits per heavy atom. The van der Waals surface area contributed by atoms with Gasteiger partial charge in [-0.1, -0.05) is 0 Å². The molecular weight excluding hydrogens is 943 g/mol. The predicted octanol–water partition coefficient (Wildman–Crippen LogP) is -0.614. The topological polar surface area (TPSA) is 142 Å². The van der Waals surface area contributed by atoms with Crippen molar-refractivity contribution in [2.75, 3.05) is 0 Å². The fourth-order valence-corrected chi connectivity index (χ4v) is 0. The molecule has 5 nitrogen and oxygen atoms in total. The van der Waals surface area contributed by atoms with Crippen LogP contribution in [0.15, 0.2) is 0 Å². The first-order valence-corrected chi connectivity index (χ1v) is 0. The van der Waals surface area contributed by atoms with E-state index in [0.29, 0.717) is 0 Å². The molecule has 0 aliphatic carbocycles. The fourth-order valence-electron chi connectivity index (χ4n) is 0. The summed E-state index contributed by atoms with van der Waals surface area (Å²) in [5.41, 5.74) is 0. The quantitative estimate of drug-likeness (QED) is 0.286. The van der Waals surface area contributed by atoms with E-state index in [1.165, 1.54) is 0 Å². The molecule has 0 fully saturated rings. The van der Waals surface area contributed by atoms with Crippen LogP contribution in [0.5, 0.6) is 0 Å². The minimum absolute atomic E-state index is 0. The van der Waals surface area contributed by atoms with Crippen LogP contribution in [0.1, 0.15) is 0 Å². The molecule has 0 spiro atoms. The van der Waals surface area contributed by atoms with E-state index in [0.717, 1.165) is 0 Å². The molecule has 0 radical (unpaired) electrons. The molecule has 0 saturated carbocycles. The van der Waals surface area contributed by atoms with Gasteiger partial charge in [0.15, 0.2) is 0 Å². The standard InChI is InChI=1S/2Mo.2Nb.2Ni.5O.2W/q;;2*+5;;;5*-2;;. The summed E-state index contributed by atoms with van der Waals surface area (Å²) < 4.78 is 0. The van der Waals surface area contributed by atoms with E-state index in [4.69, 9.17) is 0 Å². The van der Waals surface area contributed by atoms with Gasteiger partial charge in [0.25, 0.3) is 0 Å². The van der Waals surface area contributed by atoms with Crippen molar-refractivity contribution >= 4 is 0 Å². The molecule has 0 saturated heterocycles. The van der Waals surface area contributed by atoms with Crippen LogP contribution in [0, 0.1) is 0 Å². The molecular formula is Mo2Nb2Ni2O5W2. The SMILES string of the molecule is [Mo].[Mo].[Nb+5].[Nb+5].[Ni].[Ni].[O-2].[O-2].[O-2].[O-2].[O-2].[W].[W]. The van der Waals surface area contributed by atoms with Crippen molar-refractivity contribution in [2.24, 2.45) is 0 Å². The Labute approximate surface area is 186 Å². The Kier molecular flexibility index (Phi) is 2760. The Morgan fingerprint density at radius 2 is 0.385 bits per heavy atom. The van der Waals surface area contributed by atoms with Gasteiger partial charge in [0, 0.05) is 117 Å². The molecule has 0 amide bonds. The fraction of sp³-hybridized carbons (Fsp3) is 0. The molecule has 0 aliphatic heterocycles.